The molecule has 2 rings (SSSR count). The van der Waals surface area contributed by atoms with E-state index in [0.29, 0.717) is 11.5 Å². The molecule has 6 nitrogen and oxygen atoms in total. The van der Waals surface area contributed by atoms with E-state index in [0.717, 1.165) is 11.1 Å². The van der Waals surface area contributed by atoms with Crippen molar-refractivity contribution < 1.29 is 23.5 Å². The standard InChI is InChI=1S/C19H17NO5/c1-12-4-6-14(7-5-12)8-15(10-20)18(21)24-11-16-9-17(13(2)25-16)19(22)23-3/h4-9H,11H2,1-3H3/b15-8+. The van der Waals surface area contributed by atoms with Crippen molar-refractivity contribution >= 4 is 18.0 Å². The van der Waals surface area contributed by atoms with Crippen LogP contribution >= 0.6 is 0 Å². The maximum atomic E-state index is 12.1. The first-order valence-corrected chi connectivity index (χ1v) is 7.47. The maximum Gasteiger partial charge on any atom is 0.349 e. The number of carbonyl (C=O) groups excluding carboxylic acids is 2. The first-order chi connectivity index (χ1) is 11.9. The van der Waals surface area contributed by atoms with Crippen molar-refractivity contribution in [2.45, 2.75) is 20.5 Å². The fourth-order valence-corrected chi connectivity index (χ4v) is 2.11. The third-order valence-electron chi connectivity index (χ3n) is 3.45. The van der Waals surface area contributed by atoms with Gasteiger partial charge in [-0.1, -0.05) is 29.8 Å². The fourth-order valence-electron chi connectivity index (χ4n) is 2.11. The molecule has 0 atom stereocenters. The van der Waals surface area contributed by atoms with E-state index in [1.165, 1.54) is 19.3 Å². The van der Waals surface area contributed by atoms with Crippen molar-refractivity contribution in [3.63, 3.8) is 0 Å². The van der Waals surface area contributed by atoms with Gasteiger partial charge in [-0.3, -0.25) is 0 Å². The van der Waals surface area contributed by atoms with Gasteiger partial charge in [0.05, 0.1) is 7.11 Å². The molecule has 6 heteroatoms. The number of ether oxygens (including phenoxy) is 2. The minimum absolute atomic E-state index is 0.125. The highest BCUT2D eigenvalue weighted by Gasteiger charge is 2.17. The molecular weight excluding hydrogens is 322 g/mol. The van der Waals surface area contributed by atoms with Crippen molar-refractivity contribution in [3.05, 3.63) is 64.1 Å². The zero-order valence-corrected chi connectivity index (χ0v) is 14.2. The van der Waals surface area contributed by atoms with E-state index in [9.17, 15) is 9.59 Å². The third kappa shape index (κ3) is 4.58. The highest BCUT2D eigenvalue weighted by atomic mass is 16.5. The Hall–Kier alpha value is -3.33. The zero-order valence-electron chi connectivity index (χ0n) is 14.2. The summed E-state index contributed by atoms with van der Waals surface area (Å²) in [5.41, 5.74) is 1.94. The molecule has 0 aliphatic rings. The van der Waals surface area contributed by atoms with E-state index in [1.54, 1.807) is 19.1 Å². The van der Waals surface area contributed by atoms with Gasteiger partial charge in [-0.2, -0.15) is 5.26 Å². The quantitative estimate of drug-likeness (QED) is 0.471. The highest BCUT2D eigenvalue weighted by molar-refractivity contribution is 5.97. The summed E-state index contributed by atoms with van der Waals surface area (Å²) in [6.45, 7) is 3.36. The van der Waals surface area contributed by atoms with Gasteiger partial charge < -0.3 is 13.9 Å². The molecule has 0 amide bonds. The molecule has 0 aliphatic carbocycles. The van der Waals surface area contributed by atoms with E-state index in [2.05, 4.69) is 4.74 Å². The summed E-state index contributed by atoms with van der Waals surface area (Å²) in [5, 5.41) is 9.16. The summed E-state index contributed by atoms with van der Waals surface area (Å²) < 4.78 is 15.1. The summed E-state index contributed by atoms with van der Waals surface area (Å²) in [5.74, 6) is -0.639. The Balaban J connectivity index is 2.07. The molecule has 0 radical (unpaired) electrons. The van der Waals surface area contributed by atoms with Crippen LogP contribution in [-0.4, -0.2) is 19.0 Å². The van der Waals surface area contributed by atoms with Crippen LogP contribution in [0.4, 0.5) is 0 Å². The molecule has 0 unspecified atom stereocenters. The minimum atomic E-state index is -0.767. The van der Waals surface area contributed by atoms with E-state index < -0.39 is 11.9 Å². The maximum absolute atomic E-state index is 12.1. The number of nitriles is 1. The van der Waals surface area contributed by atoms with Gasteiger partial charge in [-0.05, 0) is 31.6 Å². The Labute approximate surface area is 145 Å². The van der Waals surface area contributed by atoms with Gasteiger partial charge >= 0.3 is 11.9 Å². The van der Waals surface area contributed by atoms with Crippen molar-refractivity contribution in [2.24, 2.45) is 0 Å². The van der Waals surface area contributed by atoms with Crippen LogP contribution in [0.3, 0.4) is 0 Å². The second kappa shape index (κ2) is 7.97. The number of methoxy groups -OCH3 is 1. The van der Waals surface area contributed by atoms with Crippen LogP contribution in [0.25, 0.3) is 6.08 Å². The molecule has 128 valence electrons. The summed E-state index contributed by atoms with van der Waals surface area (Å²) >= 11 is 0. The van der Waals surface area contributed by atoms with E-state index in [1.807, 2.05) is 25.1 Å². The molecule has 2 aromatic rings. The first kappa shape index (κ1) is 18.0. The number of furan rings is 1. The van der Waals surface area contributed by atoms with Crippen LogP contribution in [0.2, 0.25) is 0 Å². The summed E-state index contributed by atoms with van der Waals surface area (Å²) in [4.78, 5) is 23.6. The van der Waals surface area contributed by atoms with Crippen molar-refractivity contribution in [1.82, 2.24) is 0 Å². The Morgan fingerprint density at radius 2 is 1.92 bits per heavy atom. The molecule has 0 saturated heterocycles. The fraction of sp³-hybridized carbons (Fsp3) is 0.211. The summed E-state index contributed by atoms with van der Waals surface area (Å²) in [6, 6.07) is 10.6. The predicted octanol–water partition coefficient (Wildman–Crippen LogP) is 3.33. The van der Waals surface area contributed by atoms with Gasteiger partial charge in [-0.15, -0.1) is 0 Å². The van der Waals surface area contributed by atoms with Gasteiger partial charge in [0, 0.05) is 0 Å². The SMILES string of the molecule is COC(=O)c1cc(COC(=O)/C(C#N)=C/c2ccc(C)cc2)oc1C. The van der Waals surface area contributed by atoms with Crippen LogP contribution in [0.15, 0.2) is 40.3 Å². The smallest absolute Gasteiger partial charge is 0.349 e. The highest BCUT2D eigenvalue weighted by Crippen LogP contribution is 2.17. The van der Waals surface area contributed by atoms with Crippen molar-refractivity contribution in [1.29, 1.82) is 5.26 Å². The molecule has 0 bridgehead atoms. The van der Waals surface area contributed by atoms with Crippen LogP contribution in [0.1, 0.15) is 33.0 Å². The first-order valence-electron chi connectivity index (χ1n) is 7.47. The average molecular weight is 339 g/mol. The van der Waals surface area contributed by atoms with Crippen LogP contribution < -0.4 is 0 Å². The Morgan fingerprint density at radius 1 is 1.24 bits per heavy atom. The number of rotatable bonds is 5. The normalized spacial score (nSPS) is 10.9. The molecule has 1 heterocycles. The molecule has 0 spiro atoms. The second-order valence-corrected chi connectivity index (χ2v) is 5.33. The molecule has 0 fully saturated rings. The van der Waals surface area contributed by atoms with Gasteiger partial charge in [0.15, 0.2) is 0 Å². The van der Waals surface area contributed by atoms with Crippen molar-refractivity contribution in [3.8, 4) is 6.07 Å². The number of hydrogen-bond acceptors (Lipinski definition) is 6. The molecule has 0 saturated carbocycles. The summed E-state index contributed by atoms with van der Waals surface area (Å²) in [6.07, 6.45) is 1.45. The molecule has 0 N–H and O–H groups in total. The Morgan fingerprint density at radius 3 is 2.52 bits per heavy atom. The summed E-state index contributed by atoms with van der Waals surface area (Å²) in [7, 11) is 1.27. The Kier molecular flexibility index (Phi) is 5.75. The second-order valence-electron chi connectivity index (χ2n) is 5.33. The monoisotopic (exact) mass is 339 g/mol. The van der Waals surface area contributed by atoms with E-state index in [4.69, 9.17) is 14.4 Å². The van der Waals surface area contributed by atoms with E-state index in [-0.39, 0.29) is 17.7 Å². The lowest BCUT2D eigenvalue weighted by Crippen LogP contribution is -2.06. The topological polar surface area (TPSA) is 89.5 Å². The van der Waals surface area contributed by atoms with E-state index >= 15 is 0 Å². The minimum Gasteiger partial charge on any atom is -0.465 e. The molecule has 1 aromatic heterocycles. The van der Waals surface area contributed by atoms with Crippen molar-refractivity contribution in [2.75, 3.05) is 7.11 Å². The number of hydrogen-bond donors (Lipinski definition) is 0. The molecule has 1 aromatic carbocycles. The van der Waals surface area contributed by atoms with Gasteiger partial charge in [0.2, 0.25) is 0 Å². The molecule has 25 heavy (non-hydrogen) atoms. The predicted molar refractivity (Wildman–Crippen MR) is 89.3 cm³/mol. The number of aryl methyl sites for hydroxylation is 2. The Bertz CT molecular complexity index is 853. The van der Waals surface area contributed by atoms with Gasteiger partial charge in [0.25, 0.3) is 0 Å². The average Bonchev–Trinajstić information content (AvgIpc) is 2.99. The van der Waals surface area contributed by atoms with Crippen LogP contribution in [0, 0.1) is 25.2 Å². The largest absolute Gasteiger partial charge is 0.465 e. The number of nitrogens with zero attached hydrogens (tertiary/aromatic N) is 1. The van der Waals surface area contributed by atoms with Gasteiger partial charge in [0.1, 0.15) is 35.3 Å². The number of carbonyl (C=O) groups is 2. The molecular formula is C19H17NO5. The lowest BCUT2D eigenvalue weighted by Gasteiger charge is -2.02. The number of esters is 2. The van der Waals surface area contributed by atoms with Crippen LogP contribution in [-0.2, 0) is 20.9 Å². The lowest BCUT2D eigenvalue weighted by atomic mass is 10.1. The zero-order chi connectivity index (χ0) is 18.4. The third-order valence-corrected chi connectivity index (χ3v) is 3.45. The number of benzene rings is 1. The lowest BCUT2D eigenvalue weighted by molar-refractivity contribution is -0.140. The van der Waals surface area contributed by atoms with Gasteiger partial charge in [-0.25, -0.2) is 9.59 Å². The van der Waals surface area contributed by atoms with Crippen LogP contribution in [0.5, 0.6) is 0 Å². The molecule has 0 aliphatic heterocycles.